The van der Waals surface area contributed by atoms with Gasteiger partial charge >= 0.3 is 0 Å². The summed E-state index contributed by atoms with van der Waals surface area (Å²) in [5.74, 6) is 6.15. The summed E-state index contributed by atoms with van der Waals surface area (Å²) < 4.78 is 15.0. The summed E-state index contributed by atoms with van der Waals surface area (Å²) in [7, 11) is 0. The normalized spacial score (nSPS) is 17.3. The number of aromatic nitrogens is 1. The molecule has 2 aromatic rings. The molecule has 3 rings (SSSR count). The number of ketones is 1. The molecule has 1 atom stereocenters. The Morgan fingerprint density at radius 3 is 2.85 bits per heavy atom. The molecule has 1 unspecified atom stereocenters. The molecule has 1 aromatic carbocycles. The number of hydrogen-bond acceptors (Lipinski definition) is 1. The monoisotopic (exact) mass is 267 g/mol. The molecule has 0 radical (unpaired) electrons. The van der Waals surface area contributed by atoms with E-state index in [2.05, 4.69) is 18.8 Å². The molecule has 1 aromatic heterocycles. The van der Waals surface area contributed by atoms with E-state index in [0.29, 0.717) is 17.9 Å². The van der Waals surface area contributed by atoms with Crippen molar-refractivity contribution in [2.24, 2.45) is 5.92 Å². The van der Waals surface area contributed by atoms with Crippen LogP contribution in [-0.2, 0) is 6.54 Å². The number of fused-ring (bicyclic) bond motifs is 1. The van der Waals surface area contributed by atoms with Crippen molar-refractivity contribution >= 4 is 5.78 Å². The minimum atomic E-state index is -0.294. The summed E-state index contributed by atoms with van der Waals surface area (Å²) in [6.45, 7) is 2.92. The third-order valence-corrected chi connectivity index (χ3v) is 3.40. The summed E-state index contributed by atoms with van der Waals surface area (Å²) in [6, 6.07) is 8.01. The van der Waals surface area contributed by atoms with Crippen LogP contribution in [0.15, 0.2) is 36.5 Å². The molecule has 2 heterocycles. The first-order chi connectivity index (χ1) is 9.61. The van der Waals surface area contributed by atoms with E-state index < -0.39 is 0 Å². The summed E-state index contributed by atoms with van der Waals surface area (Å²) in [5.41, 5.74) is 2.16. The summed E-state index contributed by atoms with van der Waals surface area (Å²) >= 11 is 0. The zero-order chi connectivity index (χ0) is 14.1. The first kappa shape index (κ1) is 12.7. The second-order valence-electron chi connectivity index (χ2n) is 5.26. The fourth-order valence-electron chi connectivity index (χ4n) is 2.50. The van der Waals surface area contributed by atoms with Crippen LogP contribution in [0.3, 0.4) is 0 Å². The maximum absolute atomic E-state index is 13.1. The molecule has 1 aliphatic heterocycles. The largest absolute Gasteiger partial charge is 0.344 e. The van der Waals surface area contributed by atoms with Crippen molar-refractivity contribution in [1.82, 2.24) is 4.57 Å². The number of carbonyl (C=O) groups is 1. The van der Waals surface area contributed by atoms with Gasteiger partial charge in [0.15, 0.2) is 5.78 Å². The predicted molar refractivity (Wildman–Crippen MR) is 74.9 cm³/mol. The first-order valence-electron chi connectivity index (χ1n) is 6.63. The fourth-order valence-corrected chi connectivity index (χ4v) is 2.50. The quantitative estimate of drug-likeness (QED) is 0.672. The Bertz CT molecular complexity index is 733. The van der Waals surface area contributed by atoms with E-state index in [1.807, 2.05) is 16.8 Å². The summed E-state index contributed by atoms with van der Waals surface area (Å²) in [6.07, 6.45) is 2.50. The highest BCUT2D eigenvalue weighted by Gasteiger charge is 2.22. The van der Waals surface area contributed by atoms with E-state index in [1.165, 1.54) is 12.1 Å². The Kier molecular flexibility index (Phi) is 3.15. The molecule has 0 N–H and O–H groups in total. The van der Waals surface area contributed by atoms with Crippen LogP contribution < -0.4 is 0 Å². The molecule has 0 saturated carbocycles. The molecule has 0 spiro atoms. The van der Waals surface area contributed by atoms with Crippen LogP contribution >= 0.6 is 0 Å². The van der Waals surface area contributed by atoms with E-state index in [1.54, 1.807) is 12.1 Å². The standard InChI is InChI=1S/C17H14FNO/c1-12-7-17(20)16-9-14(11-19(16)10-12)6-5-13-3-2-4-15(18)8-13/h2-4,8-9,11-12H,7,10H2,1H3. The highest BCUT2D eigenvalue weighted by atomic mass is 19.1. The number of halogens is 1. The minimum Gasteiger partial charge on any atom is -0.344 e. The number of nitrogens with zero attached hydrogens (tertiary/aromatic N) is 1. The molecule has 1 aliphatic rings. The maximum Gasteiger partial charge on any atom is 0.179 e. The molecule has 0 bridgehead atoms. The number of carbonyl (C=O) groups excluding carboxylic acids is 1. The molecular formula is C17H14FNO. The van der Waals surface area contributed by atoms with E-state index in [0.717, 1.165) is 17.8 Å². The van der Waals surface area contributed by atoms with Gasteiger partial charge in [0.05, 0.1) is 5.69 Å². The van der Waals surface area contributed by atoms with Crippen molar-refractivity contribution in [2.75, 3.05) is 0 Å². The maximum atomic E-state index is 13.1. The number of benzene rings is 1. The van der Waals surface area contributed by atoms with Gasteiger partial charge in [-0.1, -0.05) is 24.8 Å². The number of rotatable bonds is 0. The van der Waals surface area contributed by atoms with Crippen LogP contribution in [-0.4, -0.2) is 10.4 Å². The van der Waals surface area contributed by atoms with Crippen LogP contribution in [0, 0.1) is 23.6 Å². The predicted octanol–water partition coefficient (Wildman–Crippen LogP) is 3.25. The van der Waals surface area contributed by atoms with E-state index in [4.69, 9.17) is 0 Å². The van der Waals surface area contributed by atoms with Gasteiger partial charge < -0.3 is 4.57 Å². The average Bonchev–Trinajstić information content (AvgIpc) is 2.80. The van der Waals surface area contributed by atoms with Crippen LogP contribution in [0.5, 0.6) is 0 Å². The zero-order valence-corrected chi connectivity index (χ0v) is 11.2. The fraction of sp³-hybridized carbons (Fsp3) is 0.235. The van der Waals surface area contributed by atoms with Crippen molar-refractivity contribution in [3.8, 4) is 11.8 Å². The average molecular weight is 267 g/mol. The zero-order valence-electron chi connectivity index (χ0n) is 11.2. The Labute approximate surface area is 117 Å². The Balaban J connectivity index is 1.90. The molecule has 2 nitrogen and oxygen atoms in total. The lowest BCUT2D eigenvalue weighted by atomic mass is 9.99. The molecular weight excluding hydrogens is 253 g/mol. The van der Waals surface area contributed by atoms with E-state index in [9.17, 15) is 9.18 Å². The van der Waals surface area contributed by atoms with Gasteiger partial charge in [0.1, 0.15) is 5.82 Å². The SMILES string of the molecule is CC1CC(=O)c2cc(C#Cc3cccc(F)c3)cn2C1. The molecule has 0 amide bonds. The van der Waals surface area contributed by atoms with Crippen LogP contribution in [0.1, 0.15) is 35.0 Å². The van der Waals surface area contributed by atoms with Gasteiger partial charge in [0.2, 0.25) is 0 Å². The lowest BCUT2D eigenvalue weighted by Gasteiger charge is -2.19. The molecule has 20 heavy (non-hydrogen) atoms. The third-order valence-electron chi connectivity index (χ3n) is 3.40. The summed E-state index contributed by atoms with van der Waals surface area (Å²) in [5, 5.41) is 0. The van der Waals surface area contributed by atoms with E-state index >= 15 is 0 Å². The van der Waals surface area contributed by atoms with Crippen molar-refractivity contribution in [1.29, 1.82) is 0 Å². The second kappa shape index (κ2) is 4.97. The Hall–Kier alpha value is -2.34. The van der Waals surface area contributed by atoms with E-state index in [-0.39, 0.29) is 11.6 Å². The van der Waals surface area contributed by atoms with Crippen molar-refractivity contribution in [2.45, 2.75) is 19.9 Å². The number of hydrogen-bond donors (Lipinski definition) is 0. The van der Waals surface area contributed by atoms with Gasteiger partial charge in [-0.15, -0.1) is 0 Å². The lowest BCUT2D eigenvalue weighted by molar-refractivity contribution is 0.0929. The molecule has 3 heteroatoms. The van der Waals surface area contributed by atoms with Gasteiger partial charge in [0, 0.05) is 30.3 Å². The number of Topliss-reactive ketones (excluding diaryl/α,β-unsaturated/α-hetero) is 1. The van der Waals surface area contributed by atoms with Gasteiger partial charge in [-0.05, 0) is 30.2 Å². The molecule has 0 aliphatic carbocycles. The highest BCUT2D eigenvalue weighted by molar-refractivity contribution is 5.95. The smallest absolute Gasteiger partial charge is 0.179 e. The third kappa shape index (κ3) is 2.50. The lowest BCUT2D eigenvalue weighted by Crippen LogP contribution is -2.22. The topological polar surface area (TPSA) is 22.0 Å². The highest BCUT2D eigenvalue weighted by Crippen LogP contribution is 2.21. The van der Waals surface area contributed by atoms with Crippen molar-refractivity contribution in [3.63, 3.8) is 0 Å². The van der Waals surface area contributed by atoms with Crippen LogP contribution in [0.2, 0.25) is 0 Å². The van der Waals surface area contributed by atoms with Gasteiger partial charge in [-0.3, -0.25) is 4.79 Å². The molecule has 0 saturated heterocycles. The molecule has 0 fully saturated rings. The van der Waals surface area contributed by atoms with Crippen molar-refractivity contribution in [3.05, 3.63) is 59.2 Å². The summed E-state index contributed by atoms with van der Waals surface area (Å²) in [4.78, 5) is 11.9. The second-order valence-corrected chi connectivity index (χ2v) is 5.26. The Morgan fingerprint density at radius 1 is 1.25 bits per heavy atom. The Morgan fingerprint density at radius 2 is 2.05 bits per heavy atom. The van der Waals surface area contributed by atoms with Crippen LogP contribution in [0.25, 0.3) is 0 Å². The van der Waals surface area contributed by atoms with Gasteiger partial charge in [0.25, 0.3) is 0 Å². The first-order valence-corrected chi connectivity index (χ1v) is 6.63. The minimum absolute atomic E-state index is 0.169. The van der Waals surface area contributed by atoms with Gasteiger partial charge in [-0.2, -0.15) is 0 Å². The molecule has 100 valence electrons. The van der Waals surface area contributed by atoms with Crippen molar-refractivity contribution < 1.29 is 9.18 Å². The van der Waals surface area contributed by atoms with Crippen LogP contribution in [0.4, 0.5) is 4.39 Å². The van der Waals surface area contributed by atoms with Gasteiger partial charge in [-0.25, -0.2) is 4.39 Å².